The van der Waals surface area contributed by atoms with Crippen LogP contribution in [0.3, 0.4) is 0 Å². The summed E-state index contributed by atoms with van der Waals surface area (Å²) in [6.45, 7) is 6.95. The highest BCUT2D eigenvalue weighted by Crippen LogP contribution is 2.06. The SMILES string of the molecule is C=C(N)CN1CCCC1. The van der Waals surface area contributed by atoms with Gasteiger partial charge in [0.1, 0.15) is 0 Å². The van der Waals surface area contributed by atoms with Crippen molar-refractivity contribution in [3.8, 4) is 0 Å². The quantitative estimate of drug-likeness (QED) is 0.585. The molecule has 9 heavy (non-hydrogen) atoms. The van der Waals surface area contributed by atoms with Gasteiger partial charge in [-0.3, -0.25) is 4.90 Å². The van der Waals surface area contributed by atoms with Crippen LogP contribution in [0.25, 0.3) is 0 Å². The molecule has 1 saturated heterocycles. The van der Waals surface area contributed by atoms with E-state index in [1.54, 1.807) is 0 Å². The third-order valence-corrected chi connectivity index (χ3v) is 1.63. The van der Waals surface area contributed by atoms with Crippen molar-refractivity contribution < 1.29 is 0 Å². The minimum absolute atomic E-state index is 0.789. The lowest BCUT2D eigenvalue weighted by molar-refractivity contribution is 0.368. The van der Waals surface area contributed by atoms with Crippen molar-refractivity contribution in [3.63, 3.8) is 0 Å². The Balaban J connectivity index is 2.19. The van der Waals surface area contributed by atoms with Crippen LogP contribution in [0.2, 0.25) is 0 Å². The zero-order valence-corrected chi connectivity index (χ0v) is 5.77. The number of hydrogen-bond donors (Lipinski definition) is 1. The molecule has 0 aromatic carbocycles. The van der Waals surface area contributed by atoms with Gasteiger partial charge in [0.05, 0.1) is 0 Å². The molecule has 0 atom stereocenters. The highest BCUT2D eigenvalue weighted by Gasteiger charge is 2.10. The van der Waals surface area contributed by atoms with E-state index in [2.05, 4.69) is 11.5 Å². The van der Waals surface area contributed by atoms with E-state index in [1.807, 2.05) is 0 Å². The van der Waals surface area contributed by atoms with Crippen LogP contribution < -0.4 is 5.73 Å². The molecule has 0 amide bonds. The maximum atomic E-state index is 5.44. The zero-order valence-electron chi connectivity index (χ0n) is 5.77. The van der Waals surface area contributed by atoms with E-state index in [-0.39, 0.29) is 0 Å². The van der Waals surface area contributed by atoms with Crippen molar-refractivity contribution in [3.05, 3.63) is 12.3 Å². The van der Waals surface area contributed by atoms with Crippen LogP contribution in [0.1, 0.15) is 12.8 Å². The third kappa shape index (κ3) is 2.06. The summed E-state index contributed by atoms with van der Waals surface area (Å²) in [7, 11) is 0. The molecule has 1 aliphatic rings. The lowest BCUT2D eigenvalue weighted by atomic mass is 10.4. The Kier molecular flexibility index (Phi) is 2.11. The van der Waals surface area contributed by atoms with E-state index < -0.39 is 0 Å². The first-order valence-electron chi connectivity index (χ1n) is 3.44. The number of nitrogens with zero attached hydrogens (tertiary/aromatic N) is 1. The summed E-state index contributed by atoms with van der Waals surface area (Å²) in [6, 6.07) is 0. The van der Waals surface area contributed by atoms with Crippen molar-refractivity contribution >= 4 is 0 Å². The standard InChI is InChI=1S/C7H14N2/c1-7(8)6-9-4-2-3-5-9/h1-6,8H2. The topological polar surface area (TPSA) is 29.3 Å². The Morgan fingerprint density at radius 2 is 2.00 bits per heavy atom. The fourth-order valence-corrected chi connectivity index (χ4v) is 1.23. The molecule has 2 N–H and O–H groups in total. The summed E-state index contributed by atoms with van der Waals surface area (Å²) in [5.74, 6) is 0. The molecule has 1 heterocycles. The molecule has 0 spiro atoms. The summed E-state index contributed by atoms with van der Waals surface area (Å²) >= 11 is 0. The van der Waals surface area contributed by atoms with Gasteiger partial charge in [-0.1, -0.05) is 6.58 Å². The molecule has 0 aliphatic carbocycles. The summed E-state index contributed by atoms with van der Waals surface area (Å²) in [5, 5.41) is 0. The Hall–Kier alpha value is -0.500. The molecule has 1 rings (SSSR count). The first-order chi connectivity index (χ1) is 4.29. The maximum Gasteiger partial charge on any atom is 0.0373 e. The smallest absolute Gasteiger partial charge is 0.0373 e. The number of nitrogens with two attached hydrogens (primary N) is 1. The Morgan fingerprint density at radius 3 is 2.44 bits per heavy atom. The predicted molar refractivity (Wildman–Crippen MR) is 39.0 cm³/mol. The minimum Gasteiger partial charge on any atom is -0.401 e. The van der Waals surface area contributed by atoms with E-state index >= 15 is 0 Å². The zero-order chi connectivity index (χ0) is 6.69. The van der Waals surface area contributed by atoms with Gasteiger partial charge in [-0.2, -0.15) is 0 Å². The third-order valence-electron chi connectivity index (χ3n) is 1.63. The molecule has 1 aliphatic heterocycles. The maximum absolute atomic E-state index is 5.44. The Labute approximate surface area is 56.3 Å². The summed E-state index contributed by atoms with van der Waals surface area (Å²) < 4.78 is 0. The fraction of sp³-hybridized carbons (Fsp3) is 0.714. The van der Waals surface area contributed by atoms with Crippen LogP contribution in [0.4, 0.5) is 0 Å². The van der Waals surface area contributed by atoms with Crippen molar-refractivity contribution in [2.75, 3.05) is 19.6 Å². The number of rotatable bonds is 2. The monoisotopic (exact) mass is 126 g/mol. The molecule has 0 saturated carbocycles. The van der Waals surface area contributed by atoms with Crippen LogP contribution in [0.15, 0.2) is 12.3 Å². The van der Waals surface area contributed by atoms with Crippen molar-refractivity contribution in [1.29, 1.82) is 0 Å². The first-order valence-corrected chi connectivity index (χ1v) is 3.44. The average Bonchev–Trinajstić information content (AvgIpc) is 2.15. The second-order valence-electron chi connectivity index (χ2n) is 2.64. The van der Waals surface area contributed by atoms with Gasteiger partial charge in [-0.05, 0) is 25.9 Å². The molecule has 2 nitrogen and oxygen atoms in total. The van der Waals surface area contributed by atoms with Gasteiger partial charge in [-0.25, -0.2) is 0 Å². The fourth-order valence-electron chi connectivity index (χ4n) is 1.23. The summed E-state index contributed by atoms with van der Waals surface area (Å²) in [4.78, 5) is 2.34. The second-order valence-corrected chi connectivity index (χ2v) is 2.64. The van der Waals surface area contributed by atoms with E-state index in [0.717, 1.165) is 12.2 Å². The molecule has 1 fully saturated rings. The lowest BCUT2D eigenvalue weighted by Gasteiger charge is -2.12. The molecule has 52 valence electrons. The number of likely N-dealkylation sites (tertiary alicyclic amines) is 1. The predicted octanol–water partition coefficient (Wildman–Crippen LogP) is 0.555. The van der Waals surface area contributed by atoms with E-state index in [1.165, 1.54) is 25.9 Å². The first kappa shape index (κ1) is 6.62. The van der Waals surface area contributed by atoms with Crippen LogP contribution >= 0.6 is 0 Å². The second kappa shape index (κ2) is 2.87. The van der Waals surface area contributed by atoms with E-state index in [0.29, 0.717) is 0 Å². The van der Waals surface area contributed by atoms with Crippen molar-refractivity contribution in [2.24, 2.45) is 5.73 Å². The largest absolute Gasteiger partial charge is 0.401 e. The summed E-state index contributed by atoms with van der Waals surface area (Å²) in [6.07, 6.45) is 2.65. The lowest BCUT2D eigenvalue weighted by Crippen LogP contribution is -2.24. The normalized spacial score (nSPS) is 20.4. The van der Waals surface area contributed by atoms with Crippen molar-refractivity contribution in [1.82, 2.24) is 4.90 Å². The van der Waals surface area contributed by atoms with Crippen LogP contribution in [0.5, 0.6) is 0 Å². The molecule has 0 aromatic rings. The highest BCUT2D eigenvalue weighted by molar-refractivity contribution is 4.90. The van der Waals surface area contributed by atoms with Gasteiger partial charge in [0.15, 0.2) is 0 Å². The molecule has 0 aromatic heterocycles. The summed E-state index contributed by atoms with van der Waals surface area (Å²) in [5.41, 5.74) is 6.22. The van der Waals surface area contributed by atoms with Gasteiger partial charge in [-0.15, -0.1) is 0 Å². The van der Waals surface area contributed by atoms with Gasteiger partial charge in [0.25, 0.3) is 0 Å². The minimum atomic E-state index is 0.789. The molecule has 0 radical (unpaired) electrons. The van der Waals surface area contributed by atoms with Gasteiger partial charge in [0, 0.05) is 12.2 Å². The van der Waals surface area contributed by atoms with Crippen LogP contribution in [-0.2, 0) is 0 Å². The van der Waals surface area contributed by atoms with E-state index in [9.17, 15) is 0 Å². The molecule has 0 bridgehead atoms. The Bertz CT molecular complexity index is 103. The van der Waals surface area contributed by atoms with Crippen LogP contribution in [0, 0.1) is 0 Å². The average molecular weight is 126 g/mol. The van der Waals surface area contributed by atoms with Gasteiger partial charge in [0.2, 0.25) is 0 Å². The highest BCUT2D eigenvalue weighted by atomic mass is 15.1. The molecule has 2 heteroatoms. The van der Waals surface area contributed by atoms with Gasteiger partial charge >= 0.3 is 0 Å². The van der Waals surface area contributed by atoms with Crippen molar-refractivity contribution in [2.45, 2.75) is 12.8 Å². The molecule has 0 unspecified atom stereocenters. The number of hydrogen-bond acceptors (Lipinski definition) is 2. The van der Waals surface area contributed by atoms with Crippen LogP contribution in [-0.4, -0.2) is 24.5 Å². The molecular formula is C7H14N2. The molecular weight excluding hydrogens is 112 g/mol. The van der Waals surface area contributed by atoms with Gasteiger partial charge < -0.3 is 5.73 Å². The van der Waals surface area contributed by atoms with E-state index in [4.69, 9.17) is 5.73 Å². The Morgan fingerprint density at radius 1 is 1.44 bits per heavy atom.